The third kappa shape index (κ3) is 3.58. The van der Waals surface area contributed by atoms with Gasteiger partial charge < -0.3 is 5.32 Å². The van der Waals surface area contributed by atoms with Gasteiger partial charge in [0.1, 0.15) is 5.82 Å². The first-order valence-electron chi connectivity index (χ1n) is 5.22. The second-order valence-electron chi connectivity index (χ2n) is 3.75. The van der Waals surface area contributed by atoms with Gasteiger partial charge in [0.05, 0.1) is 10.0 Å². The Morgan fingerprint density at radius 1 is 1.11 bits per heavy atom. The van der Waals surface area contributed by atoms with Gasteiger partial charge in [-0.25, -0.2) is 4.39 Å². The van der Waals surface area contributed by atoms with Crippen molar-refractivity contribution in [1.29, 1.82) is 0 Å². The monoisotopic (exact) mass is 403 g/mol. The van der Waals surface area contributed by atoms with Gasteiger partial charge in [0, 0.05) is 15.1 Å². The summed E-state index contributed by atoms with van der Waals surface area (Å²) in [6.07, 6.45) is 0. The van der Waals surface area contributed by atoms with E-state index >= 15 is 0 Å². The first-order chi connectivity index (χ1) is 8.97. The summed E-state index contributed by atoms with van der Waals surface area (Å²) in [6, 6.07) is 9.46. The number of carbonyl (C=O) groups is 1. The van der Waals surface area contributed by atoms with Gasteiger partial charge in [-0.1, -0.05) is 0 Å². The molecular formula is C13H8Br2FNOS. The summed E-state index contributed by atoms with van der Waals surface area (Å²) in [4.78, 5) is 12.8. The molecule has 2 aromatic carbocycles. The van der Waals surface area contributed by atoms with Crippen LogP contribution in [0.4, 0.5) is 10.1 Å². The maximum absolute atomic E-state index is 13.1. The molecule has 19 heavy (non-hydrogen) atoms. The molecule has 2 nitrogen and oxygen atoms in total. The molecule has 0 bridgehead atoms. The SMILES string of the molecule is O=C(Nc1ccc(F)c(Br)c1)c1cc(S)ccc1Br. The summed E-state index contributed by atoms with van der Waals surface area (Å²) >= 11 is 10.6. The maximum Gasteiger partial charge on any atom is 0.256 e. The molecule has 2 rings (SSSR count). The molecule has 0 radical (unpaired) electrons. The molecule has 98 valence electrons. The number of benzene rings is 2. The molecule has 2 aromatic rings. The maximum atomic E-state index is 13.1. The van der Waals surface area contributed by atoms with Gasteiger partial charge in [0.15, 0.2) is 0 Å². The van der Waals surface area contributed by atoms with Crippen LogP contribution in [0.1, 0.15) is 10.4 Å². The summed E-state index contributed by atoms with van der Waals surface area (Å²) in [5, 5.41) is 2.69. The lowest BCUT2D eigenvalue weighted by Crippen LogP contribution is -2.12. The molecule has 0 heterocycles. The van der Waals surface area contributed by atoms with E-state index in [1.807, 2.05) is 0 Å². The Balaban J connectivity index is 2.25. The predicted molar refractivity (Wildman–Crippen MR) is 83.4 cm³/mol. The largest absolute Gasteiger partial charge is 0.322 e. The average Bonchev–Trinajstić information content (AvgIpc) is 2.36. The van der Waals surface area contributed by atoms with Crippen molar-refractivity contribution < 1.29 is 9.18 Å². The van der Waals surface area contributed by atoms with E-state index in [1.54, 1.807) is 18.2 Å². The molecule has 0 aromatic heterocycles. The number of hydrogen-bond donors (Lipinski definition) is 2. The first kappa shape index (κ1) is 14.6. The lowest BCUT2D eigenvalue weighted by molar-refractivity contribution is 0.102. The number of amides is 1. The van der Waals surface area contributed by atoms with Crippen molar-refractivity contribution in [3.05, 3.63) is 56.7 Å². The van der Waals surface area contributed by atoms with Gasteiger partial charge in [0.2, 0.25) is 0 Å². The van der Waals surface area contributed by atoms with Crippen LogP contribution < -0.4 is 5.32 Å². The van der Waals surface area contributed by atoms with Crippen LogP contribution in [0.3, 0.4) is 0 Å². The molecule has 1 amide bonds. The quantitative estimate of drug-likeness (QED) is 0.685. The van der Waals surface area contributed by atoms with Crippen molar-refractivity contribution in [1.82, 2.24) is 0 Å². The minimum Gasteiger partial charge on any atom is -0.322 e. The smallest absolute Gasteiger partial charge is 0.256 e. The molecule has 0 fully saturated rings. The van der Waals surface area contributed by atoms with Gasteiger partial charge >= 0.3 is 0 Å². The first-order valence-corrected chi connectivity index (χ1v) is 7.25. The Labute approximate surface area is 132 Å². The number of anilines is 1. The Morgan fingerprint density at radius 3 is 2.53 bits per heavy atom. The zero-order valence-electron chi connectivity index (χ0n) is 9.45. The van der Waals surface area contributed by atoms with Crippen LogP contribution in [0, 0.1) is 5.82 Å². The van der Waals surface area contributed by atoms with Crippen molar-refractivity contribution in [2.24, 2.45) is 0 Å². The molecule has 0 aliphatic rings. The molecule has 0 saturated carbocycles. The van der Waals surface area contributed by atoms with Crippen LogP contribution in [0.25, 0.3) is 0 Å². The third-order valence-corrected chi connectivity index (χ3v) is 3.95. The van der Waals surface area contributed by atoms with E-state index in [2.05, 4.69) is 49.8 Å². The summed E-state index contributed by atoms with van der Waals surface area (Å²) in [5.41, 5.74) is 0.975. The van der Waals surface area contributed by atoms with Crippen LogP contribution in [0.2, 0.25) is 0 Å². The number of nitrogens with one attached hydrogen (secondary N) is 1. The second kappa shape index (κ2) is 6.07. The van der Waals surface area contributed by atoms with E-state index < -0.39 is 0 Å². The number of rotatable bonds is 2. The summed E-state index contributed by atoms with van der Waals surface area (Å²) in [6.45, 7) is 0. The predicted octanol–water partition coefficient (Wildman–Crippen LogP) is 4.89. The topological polar surface area (TPSA) is 29.1 Å². The molecule has 0 saturated heterocycles. The van der Waals surface area contributed by atoms with Crippen LogP contribution >= 0.6 is 44.5 Å². The Hall–Kier alpha value is -0.850. The number of halogens is 3. The normalized spacial score (nSPS) is 10.3. The van der Waals surface area contributed by atoms with Gasteiger partial charge in [-0.2, -0.15) is 0 Å². The number of carbonyl (C=O) groups excluding carboxylic acids is 1. The highest BCUT2D eigenvalue weighted by atomic mass is 79.9. The van der Waals surface area contributed by atoms with E-state index in [0.29, 0.717) is 25.1 Å². The lowest BCUT2D eigenvalue weighted by Gasteiger charge is -2.08. The van der Waals surface area contributed by atoms with Crippen molar-refractivity contribution in [3.8, 4) is 0 Å². The van der Waals surface area contributed by atoms with Crippen molar-refractivity contribution in [2.45, 2.75) is 4.90 Å². The molecule has 1 N–H and O–H groups in total. The van der Waals surface area contributed by atoms with Gasteiger partial charge in [-0.15, -0.1) is 12.6 Å². The standard InChI is InChI=1S/C13H8Br2FNOS/c14-10-3-2-8(19)6-9(10)13(18)17-7-1-4-12(16)11(15)5-7/h1-6,19H,(H,17,18). The van der Waals surface area contributed by atoms with Gasteiger partial charge in [-0.3, -0.25) is 4.79 Å². The fourth-order valence-electron chi connectivity index (χ4n) is 1.46. The Kier molecular flexibility index (Phi) is 4.65. The zero-order chi connectivity index (χ0) is 14.0. The van der Waals surface area contributed by atoms with E-state index in [9.17, 15) is 9.18 Å². The molecule has 0 spiro atoms. The fraction of sp³-hybridized carbons (Fsp3) is 0. The highest BCUT2D eigenvalue weighted by molar-refractivity contribution is 9.10. The van der Waals surface area contributed by atoms with Gasteiger partial charge in [-0.05, 0) is 68.3 Å². The summed E-state index contributed by atoms with van der Waals surface area (Å²) in [7, 11) is 0. The van der Waals surface area contributed by atoms with Crippen LogP contribution in [-0.2, 0) is 0 Å². The number of hydrogen-bond acceptors (Lipinski definition) is 2. The minimum absolute atomic E-state index is 0.290. The Bertz CT molecular complexity index is 649. The van der Waals surface area contributed by atoms with E-state index in [1.165, 1.54) is 18.2 Å². The van der Waals surface area contributed by atoms with E-state index in [-0.39, 0.29) is 11.7 Å². The fourth-order valence-corrected chi connectivity index (χ4v) is 2.47. The number of thiol groups is 1. The molecule has 0 unspecified atom stereocenters. The average molecular weight is 405 g/mol. The highest BCUT2D eigenvalue weighted by Gasteiger charge is 2.11. The van der Waals surface area contributed by atoms with Crippen molar-refractivity contribution >= 4 is 56.1 Å². The van der Waals surface area contributed by atoms with Crippen LogP contribution in [0.5, 0.6) is 0 Å². The van der Waals surface area contributed by atoms with Crippen molar-refractivity contribution in [3.63, 3.8) is 0 Å². The van der Waals surface area contributed by atoms with Crippen LogP contribution in [-0.4, -0.2) is 5.91 Å². The molecule has 6 heteroatoms. The minimum atomic E-state index is -0.378. The van der Waals surface area contributed by atoms with E-state index in [0.717, 1.165) is 0 Å². The Morgan fingerprint density at radius 2 is 1.84 bits per heavy atom. The third-order valence-electron chi connectivity index (χ3n) is 2.37. The zero-order valence-corrected chi connectivity index (χ0v) is 13.5. The van der Waals surface area contributed by atoms with Gasteiger partial charge in [0.25, 0.3) is 5.91 Å². The van der Waals surface area contributed by atoms with E-state index in [4.69, 9.17) is 0 Å². The van der Waals surface area contributed by atoms with Crippen molar-refractivity contribution in [2.75, 3.05) is 5.32 Å². The summed E-state index contributed by atoms with van der Waals surface area (Å²) < 4.78 is 14.1. The molecule has 0 aliphatic heterocycles. The van der Waals surface area contributed by atoms with Crippen LogP contribution in [0.15, 0.2) is 50.2 Å². The molecule has 0 atom stereocenters. The molecule has 0 aliphatic carbocycles. The lowest BCUT2D eigenvalue weighted by atomic mass is 10.2. The second-order valence-corrected chi connectivity index (χ2v) is 5.97. The summed E-state index contributed by atoms with van der Waals surface area (Å²) in [5.74, 6) is -0.669. The molecular weight excluding hydrogens is 397 g/mol. The highest BCUT2D eigenvalue weighted by Crippen LogP contribution is 2.23.